The van der Waals surface area contributed by atoms with Crippen LogP contribution in [0, 0.1) is 22.7 Å². The average molecular weight is 248 g/mol. The Morgan fingerprint density at radius 1 is 1.17 bits per heavy atom. The molecule has 3 atom stereocenters. The fourth-order valence-electron chi connectivity index (χ4n) is 4.16. The molecule has 102 valence electrons. The topological polar surface area (TPSA) is 17.1 Å². The van der Waals surface area contributed by atoms with Crippen molar-refractivity contribution in [2.24, 2.45) is 22.7 Å². The molecule has 2 rings (SSSR count). The van der Waals surface area contributed by atoms with Gasteiger partial charge in [-0.2, -0.15) is 0 Å². The summed E-state index contributed by atoms with van der Waals surface area (Å²) < 4.78 is 0. The zero-order chi connectivity index (χ0) is 13.7. The molecular weight excluding hydrogens is 220 g/mol. The summed E-state index contributed by atoms with van der Waals surface area (Å²) >= 11 is 0. The molecule has 0 fully saturated rings. The van der Waals surface area contributed by atoms with Crippen molar-refractivity contribution in [1.82, 2.24) is 0 Å². The van der Waals surface area contributed by atoms with Gasteiger partial charge in [0.1, 0.15) is 5.78 Å². The van der Waals surface area contributed by atoms with Gasteiger partial charge in [0, 0.05) is 5.41 Å². The van der Waals surface area contributed by atoms with Crippen LogP contribution in [0.4, 0.5) is 0 Å². The second kappa shape index (κ2) is 4.21. The predicted molar refractivity (Wildman–Crippen MR) is 76.4 cm³/mol. The molecule has 0 amide bonds. The molecule has 0 aromatic rings. The summed E-state index contributed by atoms with van der Waals surface area (Å²) in [4.78, 5) is 12.1. The molecule has 1 heteroatoms. The lowest BCUT2D eigenvalue weighted by Crippen LogP contribution is -2.44. The van der Waals surface area contributed by atoms with Gasteiger partial charge in [-0.25, -0.2) is 0 Å². The second-order valence-electron chi connectivity index (χ2n) is 7.37. The van der Waals surface area contributed by atoms with E-state index >= 15 is 0 Å². The highest BCUT2D eigenvalue weighted by molar-refractivity contribution is 5.83. The minimum atomic E-state index is -0.132. The maximum atomic E-state index is 12.1. The third-order valence-electron chi connectivity index (χ3n) is 6.33. The Labute approximate surface area is 112 Å². The molecule has 0 heterocycles. The van der Waals surface area contributed by atoms with E-state index in [0.717, 1.165) is 18.8 Å². The normalized spacial score (nSPS) is 39.4. The molecule has 0 aromatic carbocycles. The van der Waals surface area contributed by atoms with Crippen LogP contribution in [0.3, 0.4) is 0 Å². The Kier molecular flexibility index (Phi) is 3.24. The molecule has 0 saturated heterocycles. The van der Waals surface area contributed by atoms with E-state index in [4.69, 9.17) is 0 Å². The van der Waals surface area contributed by atoms with Gasteiger partial charge in [-0.05, 0) is 49.9 Å². The molecule has 2 aliphatic carbocycles. The predicted octanol–water partition coefficient (Wildman–Crippen LogP) is 4.76. The van der Waals surface area contributed by atoms with Gasteiger partial charge >= 0.3 is 0 Å². The van der Waals surface area contributed by atoms with Crippen molar-refractivity contribution in [3.8, 4) is 0 Å². The van der Waals surface area contributed by atoms with Crippen LogP contribution in [-0.4, -0.2) is 5.78 Å². The number of hydrogen-bond donors (Lipinski definition) is 0. The van der Waals surface area contributed by atoms with Crippen LogP contribution in [0.15, 0.2) is 11.1 Å². The SMILES string of the molecule is CC(=O)[C@@]1(C)CCC2=C([C@H]1C)C(C)(C)C(C)CC2. The van der Waals surface area contributed by atoms with Crippen molar-refractivity contribution in [3.63, 3.8) is 0 Å². The zero-order valence-electron chi connectivity index (χ0n) is 12.9. The van der Waals surface area contributed by atoms with Crippen LogP contribution in [0.5, 0.6) is 0 Å². The number of allylic oxidation sites excluding steroid dienone is 2. The second-order valence-corrected chi connectivity index (χ2v) is 7.37. The molecule has 0 N–H and O–H groups in total. The van der Waals surface area contributed by atoms with Gasteiger partial charge in [-0.3, -0.25) is 4.79 Å². The smallest absolute Gasteiger partial charge is 0.136 e. The summed E-state index contributed by atoms with van der Waals surface area (Å²) in [5, 5.41) is 0. The summed E-state index contributed by atoms with van der Waals surface area (Å²) in [6.07, 6.45) is 4.77. The van der Waals surface area contributed by atoms with Crippen LogP contribution in [-0.2, 0) is 4.79 Å². The van der Waals surface area contributed by atoms with Gasteiger partial charge in [0.25, 0.3) is 0 Å². The summed E-state index contributed by atoms with van der Waals surface area (Å²) in [6, 6.07) is 0. The van der Waals surface area contributed by atoms with Crippen molar-refractivity contribution < 1.29 is 4.79 Å². The lowest BCUT2D eigenvalue weighted by Gasteiger charge is -2.51. The van der Waals surface area contributed by atoms with Crippen molar-refractivity contribution in [1.29, 1.82) is 0 Å². The van der Waals surface area contributed by atoms with Crippen LogP contribution >= 0.6 is 0 Å². The maximum Gasteiger partial charge on any atom is 0.136 e. The van der Waals surface area contributed by atoms with Gasteiger partial charge in [-0.1, -0.05) is 45.8 Å². The van der Waals surface area contributed by atoms with E-state index in [0.29, 0.717) is 11.7 Å². The van der Waals surface area contributed by atoms with E-state index in [1.54, 1.807) is 18.1 Å². The minimum Gasteiger partial charge on any atom is -0.299 e. The minimum absolute atomic E-state index is 0.132. The molecule has 0 aliphatic heterocycles. The molecule has 1 nitrogen and oxygen atoms in total. The molecule has 2 aliphatic rings. The first-order chi connectivity index (χ1) is 8.21. The Balaban J connectivity index is 2.48. The van der Waals surface area contributed by atoms with E-state index in [1.165, 1.54) is 12.8 Å². The zero-order valence-corrected chi connectivity index (χ0v) is 12.9. The van der Waals surface area contributed by atoms with Crippen molar-refractivity contribution in [2.75, 3.05) is 0 Å². The fraction of sp³-hybridized carbons (Fsp3) is 0.824. The standard InChI is InChI=1S/C17H28O/c1-11-7-8-14-9-10-17(6,13(3)18)12(2)15(14)16(11,4)5/h11-12H,7-10H2,1-6H3/t11?,12-,17+/m1/s1. The van der Waals surface area contributed by atoms with E-state index < -0.39 is 0 Å². The van der Waals surface area contributed by atoms with E-state index in [9.17, 15) is 4.79 Å². The van der Waals surface area contributed by atoms with Crippen LogP contribution in [0.2, 0.25) is 0 Å². The molecule has 0 radical (unpaired) electrons. The van der Waals surface area contributed by atoms with Gasteiger partial charge in [0.05, 0.1) is 0 Å². The van der Waals surface area contributed by atoms with Crippen LogP contribution in [0.25, 0.3) is 0 Å². The molecule has 0 spiro atoms. The molecule has 0 saturated carbocycles. The molecule has 0 aromatic heterocycles. The maximum absolute atomic E-state index is 12.1. The lowest BCUT2D eigenvalue weighted by atomic mass is 9.53. The molecule has 18 heavy (non-hydrogen) atoms. The third kappa shape index (κ3) is 1.78. The highest BCUT2D eigenvalue weighted by atomic mass is 16.1. The lowest BCUT2D eigenvalue weighted by molar-refractivity contribution is -0.128. The first kappa shape index (κ1) is 13.8. The number of Topliss-reactive ketones (excluding diaryl/α,β-unsaturated/α-hetero) is 1. The summed E-state index contributed by atoms with van der Waals surface area (Å²) in [5.74, 6) is 1.51. The number of carbonyl (C=O) groups is 1. The Hall–Kier alpha value is -0.590. The molecule has 1 unspecified atom stereocenters. The van der Waals surface area contributed by atoms with E-state index in [2.05, 4.69) is 34.6 Å². The Morgan fingerprint density at radius 2 is 1.78 bits per heavy atom. The number of rotatable bonds is 1. The van der Waals surface area contributed by atoms with Gasteiger partial charge in [0.2, 0.25) is 0 Å². The van der Waals surface area contributed by atoms with Crippen LogP contribution < -0.4 is 0 Å². The summed E-state index contributed by atoms with van der Waals surface area (Å²) in [6.45, 7) is 13.4. The van der Waals surface area contributed by atoms with Gasteiger partial charge < -0.3 is 0 Å². The first-order valence-corrected chi connectivity index (χ1v) is 7.44. The Bertz CT molecular complexity index is 402. The number of carbonyl (C=O) groups excluding carboxylic acids is 1. The molecular formula is C17H28O. The van der Waals surface area contributed by atoms with Gasteiger partial charge in [0.15, 0.2) is 0 Å². The van der Waals surface area contributed by atoms with Crippen molar-refractivity contribution >= 4 is 5.78 Å². The monoisotopic (exact) mass is 248 g/mol. The van der Waals surface area contributed by atoms with Crippen molar-refractivity contribution in [3.05, 3.63) is 11.1 Å². The summed E-state index contributed by atoms with van der Waals surface area (Å²) in [5.41, 5.74) is 3.42. The first-order valence-electron chi connectivity index (χ1n) is 7.44. The van der Waals surface area contributed by atoms with E-state index in [1.807, 2.05) is 0 Å². The largest absolute Gasteiger partial charge is 0.299 e. The molecule has 0 bridgehead atoms. The highest BCUT2D eigenvalue weighted by Gasteiger charge is 2.48. The average Bonchev–Trinajstić information content (AvgIpc) is 2.28. The summed E-state index contributed by atoms with van der Waals surface area (Å²) in [7, 11) is 0. The number of ketones is 1. The number of hydrogen-bond acceptors (Lipinski definition) is 1. The quantitative estimate of drug-likeness (QED) is 0.611. The van der Waals surface area contributed by atoms with Gasteiger partial charge in [-0.15, -0.1) is 0 Å². The van der Waals surface area contributed by atoms with Crippen LogP contribution in [0.1, 0.15) is 67.2 Å². The van der Waals surface area contributed by atoms with E-state index in [-0.39, 0.29) is 10.8 Å². The highest BCUT2D eigenvalue weighted by Crippen LogP contribution is 2.56. The Morgan fingerprint density at radius 3 is 2.33 bits per heavy atom. The van der Waals surface area contributed by atoms with Crippen molar-refractivity contribution in [2.45, 2.75) is 67.2 Å². The third-order valence-corrected chi connectivity index (χ3v) is 6.33. The fourth-order valence-corrected chi connectivity index (χ4v) is 4.16.